The minimum Gasteiger partial charge on any atom is -0.501 e. The van der Waals surface area contributed by atoms with Crippen LogP contribution in [-0.4, -0.2) is 9.97 Å². The fourth-order valence-corrected chi connectivity index (χ4v) is 9.19. The van der Waals surface area contributed by atoms with E-state index in [0.29, 0.717) is 52.1 Å². The molecule has 9 aromatic rings. The number of aryl methyl sites for hydroxylation is 3. The van der Waals surface area contributed by atoms with E-state index >= 15 is 0 Å². The van der Waals surface area contributed by atoms with Gasteiger partial charge in [-0.1, -0.05) is 136 Å². The van der Waals surface area contributed by atoms with Crippen LogP contribution in [0.3, 0.4) is 0 Å². The predicted molar refractivity (Wildman–Crippen MR) is 243 cm³/mol. The third-order valence-corrected chi connectivity index (χ3v) is 11.3. The van der Waals surface area contributed by atoms with Gasteiger partial charge in [-0.3, -0.25) is 0 Å². The van der Waals surface area contributed by atoms with Crippen LogP contribution in [0, 0.1) is 43.5 Å². The SMILES string of the molecule is [2H]C([2H])([2H])c1ccc(-c2[c-]cc(C([2H])([2H])[2H])c(-c3ccccc3)c2)nc1.[2H]C([2H])([2H])c1cnc(-c2[c-]ccc3c2oc2cc4c(ccc5ccccc54)cc23)cc1C1([2H])CC(C)(C)CC(C)(C)C1.[Ir]. The van der Waals surface area contributed by atoms with Crippen molar-refractivity contribution in [1.29, 1.82) is 0 Å². The Hall–Kier alpha value is -5.41. The van der Waals surface area contributed by atoms with Gasteiger partial charge in [0.1, 0.15) is 5.58 Å². The van der Waals surface area contributed by atoms with Gasteiger partial charge in [0.05, 0.1) is 5.58 Å². The second-order valence-corrected chi connectivity index (χ2v) is 17.1. The monoisotopic (exact) mass is 957 g/mol. The molecule has 1 aliphatic rings. The van der Waals surface area contributed by atoms with Crippen molar-refractivity contribution in [2.24, 2.45) is 10.8 Å². The zero-order chi connectivity index (χ0) is 48.6. The Labute approximate surface area is 376 Å². The molecular formula is C55H50IrN2O-2. The van der Waals surface area contributed by atoms with E-state index in [1.54, 1.807) is 12.1 Å². The molecule has 0 atom stereocenters. The topological polar surface area (TPSA) is 38.9 Å². The number of pyridine rings is 2. The first-order valence-corrected chi connectivity index (χ1v) is 19.7. The van der Waals surface area contributed by atoms with E-state index < -0.39 is 26.4 Å². The number of fused-ring (bicyclic) bond motifs is 6. The molecule has 3 heterocycles. The molecule has 297 valence electrons. The van der Waals surface area contributed by atoms with Gasteiger partial charge in [-0.15, -0.1) is 47.5 Å². The number of rotatable bonds is 4. The van der Waals surface area contributed by atoms with Gasteiger partial charge in [0.15, 0.2) is 0 Å². The van der Waals surface area contributed by atoms with E-state index in [2.05, 4.69) is 92.3 Å². The molecule has 0 saturated heterocycles. The summed E-state index contributed by atoms with van der Waals surface area (Å²) < 4.78 is 86.8. The normalized spacial score (nSPS) is 18.6. The maximum atomic E-state index is 9.74. The van der Waals surface area contributed by atoms with Gasteiger partial charge in [0.25, 0.3) is 0 Å². The molecule has 0 bridgehead atoms. The molecule has 0 spiro atoms. The Bertz CT molecular complexity index is 3340. The molecule has 59 heavy (non-hydrogen) atoms. The van der Waals surface area contributed by atoms with E-state index in [0.717, 1.165) is 39.1 Å². The van der Waals surface area contributed by atoms with Gasteiger partial charge >= 0.3 is 0 Å². The first-order chi connectivity index (χ1) is 31.9. The van der Waals surface area contributed by atoms with Gasteiger partial charge in [0.2, 0.25) is 0 Å². The van der Waals surface area contributed by atoms with E-state index in [1.807, 2.05) is 54.6 Å². The molecule has 4 heteroatoms. The zero-order valence-corrected chi connectivity index (χ0v) is 35.9. The van der Waals surface area contributed by atoms with Gasteiger partial charge in [-0.2, -0.15) is 0 Å². The Morgan fingerprint density at radius 3 is 2.20 bits per heavy atom. The summed E-state index contributed by atoms with van der Waals surface area (Å²) in [5.74, 6) is -1.06. The molecule has 0 unspecified atom stereocenters. The van der Waals surface area contributed by atoms with Crippen LogP contribution in [0.5, 0.6) is 0 Å². The summed E-state index contributed by atoms with van der Waals surface area (Å²) >= 11 is 0. The van der Waals surface area contributed by atoms with Crippen LogP contribution in [0.25, 0.3) is 77.1 Å². The van der Waals surface area contributed by atoms with E-state index in [9.17, 15) is 1.37 Å². The van der Waals surface area contributed by atoms with Crippen molar-refractivity contribution in [3.8, 4) is 33.6 Å². The molecule has 10 rings (SSSR count). The standard InChI is InChI=1S/C36H34NO.C19H16N.Ir/c1-22-20-37-32(16-29(22)25-18-35(2,3)21-36(4,5)19-25)28-12-8-11-27-31-15-24-14-13-23-9-6-7-10-26(23)30(24)17-33(31)38-34(27)28;1-14-8-11-19(20-13-14)17-10-9-15(2)18(12-17)16-6-4-3-5-7-16;/h6-11,13-17,20,25H,18-19,21H2,1-5H3;3-9,11-13H,1-2H3;/q2*-1;/i1D3,25D;1D3,2D3;. The minimum absolute atomic E-state index is 0. The van der Waals surface area contributed by atoms with E-state index in [4.69, 9.17) is 16.8 Å². The van der Waals surface area contributed by atoms with E-state index in [-0.39, 0.29) is 47.6 Å². The molecule has 3 aromatic heterocycles. The van der Waals surface area contributed by atoms with Gasteiger partial charge in [0, 0.05) is 51.6 Å². The summed E-state index contributed by atoms with van der Waals surface area (Å²) in [6, 6.07) is 44.5. The first-order valence-electron chi connectivity index (χ1n) is 24.7. The van der Waals surface area contributed by atoms with Crippen LogP contribution >= 0.6 is 0 Å². The van der Waals surface area contributed by atoms with Crippen LogP contribution in [0.15, 0.2) is 138 Å². The largest absolute Gasteiger partial charge is 0.501 e. The van der Waals surface area contributed by atoms with Crippen molar-refractivity contribution in [2.45, 2.75) is 73.4 Å². The van der Waals surface area contributed by atoms with Crippen molar-refractivity contribution in [3.63, 3.8) is 0 Å². The number of aromatic nitrogens is 2. The number of hydrogen-bond donors (Lipinski definition) is 0. The summed E-state index contributed by atoms with van der Waals surface area (Å²) in [7, 11) is 0. The molecule has 1 fully saturated rings. The van der Waals surface area contributed by atoms with Crippen LogP contribution in [0.2, 0.25) is 0 Å². The second kappa shape index (κ2) is 16.0. The van der Waals surface area contributed by atoms with Gasteiger partial charge in [-0.05, 0) is 117 Å². The number of benzene rings is 6. The second-order valence-electron chi connectivity index (χ2n) is 17.1. The number of hydrogen-bond acceptors (Lipinski definition) is 3. The molecule has 3 nitrogen and oxygen atoms in total. The van der Waals surface area contributed by atoms with Crippen LogP contribution in [-0.2, 0) is 20.1 Å². The van der Waals surface area contributed by atoms with Crippen molar-refractivity contribution >= 4 is 43.5 Å². The summed E-state index contributed by atoms with van der Waals surface area (Å²) in [5, 5.41) is 6.59. The number of nitrogens with zero attached hydrogens (tertiary/aromatic N) is 2. The van der Waals surface area contributed by atoms with Crippen molar-refractivity contribution in [2.75, 3.05) is 0 Å². The molecular weight excluding hydrogens is 897 g/mol. The average molecular weight is 957 g/mol. The third kappa shape index (κ3) is 8.14. The van der Waals surface area contributed by atoms with Gasteiger partial charge < -0.3 is 14.4 Å². The Morgan fingerprint density at radius 1 is 0.678 bits per heavy atom. The molecule has 1 aliphatic carbocycles. The molecule has 0 amide bonds. The summed E-state index contributed by atoms with van der Waals surface area (Å²) in [5.41, 5.74) is 6.06. The third-order valence-electron chi connectivity index (χ3n) is 11.3. The summed E-state index contributed by atoms with van der Waals surface area (Å²) in [4.78, 5) is 8.87. The molecule has 1 saturated carbocycles. The maximum absolute atomic E-state index is 9.74. The summed E-state index contributed by atoms with van der Waals surface area (Å²) in [6.07, 6.45) is 4.91. The molecule has 0 aliphatic heterocycles. The van der Waals surface area contributed by atoms with Crippen LogP contribution < -0.4 is 0 Å². The van der Waals surface area contributed by atoms with Crippen molar-refractivity contribution in [3.05, 3.63) is 168 Å². The van der Waals surface area contributed by atoms with Gasteiger partial charge in [-0.25, -0.2) is 0 Å². The molecule has 0 N–H and O–H groups in total. The molecule has 1 radical (unpaired) electrons. The Kier molecular flexibility index (Phi) is 8.06. The Morgan fingerprint density at radius 2 is 1.44 bits per heavy atom. The predicted octanol–water partition coefficient (Wildman–Crippen LogP) is 15.2. The van der Waals surface area contributed by atoms with Crippen LogP contribution in [0.4, 0.5) is 0 Å². The maximum Gasteiger partial charge on any atom is 0.121 e. The zero-order valence-electron chi connectivity index (χ0n) is 43.5. The number of furan rings is 1. The van der Waals surface area contributed by atoms with Crippen LogP contribution in [0.1, 0.15) is 88.8 Å². The first kappa shape index (κ1) is 29.7. The average Bonchev–Trinajstić information content (AvgIpc) is 3.64. The van der Waals surface area contributed by atoms with Crippen molar-refractivity contribution < 1.29 is 38.2 Å². The Balaban J connectivity index is 0.000000205. The van der Waals surface area contributed by atoms with Crippen molar-refractivity contribution in [1.82, 2.24) is 9.97 Å². The fourth-order valence-electron chi connectivity index (χ4n) is 9.19. The molecule has 6 aromatic carbocycles. The smallest absolute Gasteiger partial charge is 0.121 e. The summed E-state index contributed by atoms with van der Waals surface area (Å²) in [6.45, 7) is 1.89. The van der Waals surface area contributed by atoms with E-state index in [1.165, 1.54) is 35.3 Å². The fraction of sp³-hybridized carbons (Fsp3) is 0.236. The quantitative estimate of drug-likeness (QED) is 0.130. The minimum atomic E-state index is -2.38.